The number of benzene rings is 1. The van der Waals surface area contributed by atoms with Gasteiger partial charge in [0.25, 0.3) is 0 Å². The lowest BCUT2D eigenvalue weighted by Gasteiger charge is -2.27. The van der Waals surface area contributed by atoms with E-state index in [2.05, 4.69) is 48.3 Å². The summed E-state index contributed by atoms with van der Waals surface area (Å²) in [6.45, 7) is 2.58. The van der Waals surface area contributed by atoms with Gasteiger partial charge in [-0.1, -0.05) is 0 Å². The van der Waals surface area contributed by atoms with E-state index in [0.717, 1.165) is 24.2 Å². The maximum Gasteiger partial charge on any atom is 0.164 e. The molecule has 0 amide bonds. The molecule has 4 heteroatoms. The van der Waals surface area contributed by atoms with Crippen molar-refractivity contribution < 1.29 is 9.15 Å². The van der Waals surface area contributed by atoms with E-state index >= 15 is 0 Å². The van der Waals surface area contributed by atoms with Gasteiger partial charge in [-0.3, -0.25) is 0 Å². The fourth-order valence-electron chi connectivity index (χ4n) is 3.48. The van der Waals surface area contributed by atoms with Crippen LogP contribution in [0.25, 0.3) is 11.0 Å². The summed E-state index contributed by atoms with van der Waals surface area (Å²) < 4.78 is 11.6. The molecule has 1 aromatic heterocycles. The Kier molecular flexibility index (Phi) is 3.15. The van der Waals surface area contributed by atoms with Crippen LogP contribution < -0.4 is 4.90 Å². The molecular weight excluding hydrogens is 276 g/mol. The fourth-order valence-corrected chi connectivity index (χ4v) is 3.48. The van der Waals surface area contributed by atoms with Gasteiger partial charge >= 0.3 is 0 Å². The SMILES string of the molecule is CC1=CN(c2ccc3oc4c(c3c2)CC(N(C)C)CC4)CO1. The Morgan fingerprint density at radius 2 is 2.14 bits per heavy atom. The fraction of sp³-hybridized carbons (Fsp3) is 0.444. The number of aryl methyl sites for hydroxylation is 1. The Balaban J connectivity index is 1.75. The lowest BCUT2D eigenvalue weighted by Crippen LogP contribution is -2.33. The van der Waals surface area contributed by atoms with Gasteiger partial charge in [0.15, 0.2) is 6.73 Å². The number of fused-ring (bicyclic) bond motifs is 3. The van der Waals surface area contributed by atoms with E-state index in [1.54, 1.807) is 0 Å². The van der Waals surface area contributed by atoms with Crippen molar-refractivity contribution in [2.24, 2.45) is 0 Å². The summed E-state index contributed by atoms with van der Waals surface area (Å²) in [5, 5.41) is 1.26. The van der Waals surface area contributed by atoms with E-state index in [-0.39, 0.29) is 0 Å². The van der Waals surface area contributed by atoms with Crippen LogP contribution in [0.3, 0.4) is 0 Å². The smallest absolute Gasteiger partial charge is 0.164 e. The van der Waals surface area contributed by atoms with Gasteiger partial charge in [0.2, 0.25) is 0 Å². The Morgan fingerprint density at radius 1 is 1.27 bits per heavy atom. The molecule has 4 rings (SSSR count). The van der Waals surface area contributed by atoms with Crippen LogP contribution >= 0.6 is 0 Å². The maximum absolute atomic E-state index is 6.07. The summed E-state index contributed by atoms with van der Waals surface area (Å²) in [6.07, 6.45) is 5.34. The molecule has 1 aliphatic carbocycles. The normalized spacial score (nSPS) is 21.2. The van der Waals surface area contributed by atoms with Gasteiger partial charge in [-0.25, -0.2) is 0 Å². The van der Waals surface area contributed by atoms with Crippen molar-refractivity contribution in [1.29, 1.82) is 0 Å². The van der Waals surface area contributed by atoms with Crippen LogP contribution in [0, 0.1) is 0 Å². The number of ether oxygens (including phenoxy) is 1. The highest BCUT2D eigenvalue weighted by molar-refractivity contribution is 5.86. The van der Waals surface area contributed by atoms with Gasteiger partial charge in [-0.15, -0.1) is 0 Å². The van der Waals surface area contributed by atoms with Gasteiger partial charge in [0, 0.05) is 35.3 Å². The van der Waals surface area contributed by atoms with E-state index < -0.39 is 0 Å². The number of rotatable bonds is 2. The Morgan fingerprint density at radius 3 is 2.86 bits per heavy atom. The third-order valence-corrected chi connectivity index (χ3v) is 4.83. The minimum atomic E-state index is 0.595. The molecule has 2 aromatic rings. The molecule has 0 spiro atoms. The number of allylic oxidation sites excluding steroid dienone is 1. The number of hydrogen-bond donors (Lipinski definition) is 0. The van der Waals surface area contributed by atoms with Crippen molar-refractivity contribution in [3.8, 4) is 0 Å². The second-order valence-corrected chi connectivity index (χ2v) is 6.53. The largest absolute Gasteiger partial charge is 0.476 e. The van der Waals surface area contributed by atoms with Crippen molar-refractivity contribution in [3.05, 3.63) is 41.5 Å². The summed E-state index contributed by atoms with van der Waals surface area (Å²) in [4.78, 5) is 4.46. The van der Waals surface area contributed by atoms with Gasteiger partial charge in [0.05, 0.1) is 0 Å². The lowest BCUT2D eigenvalue weighted by molar-refractivity contribution is 0.247. The second kappa shape index (κ2) is 5.06. The van der Waals surface area contributed by atoms with Crippen molar-refractivity contribution in [3.63, 3.8) is 0 Å². The van der Waals surface area contributed by atoms with Crippen LogP contribution in [-0.2, 0) is 17.6 Å². The molecule has 0 saturated heterocycles. The van der Waals surface area contributed by atoms with Crippen LogP contribution in [-0.4, -0.2) is 31.8 Å². The summed E-state index contributed by atoms with van der Waals surface area (Å²) in [6, 6.07) is 7.05. The van der Waals surface area contributed by atoms with Crippen LogP contribution in [0.5, 0.6) is 0 Å². The number of hydrogen-bond acceptors (Lipinski definition) is 4. The molecule has 0 radical (unpaired) electrons. The monoisotopic (exact) mass is 298 g/mol. The molecule has 1 unspecified atom stereocenters. The first-order chi connectivity index (χ1) is 10.6. The highest BCUT2D eigenvalue weighted by atomic mass is 16.5. The minimum absolute atomic E-state index is 0.595. The van der Waals surface area contributed by atoms with Crippen LogP contribution in [0.1, 0.15) is 24.7 Å². The first-order valence-corrected chi connectivity index (χ1v) is 7.90. The summed E-state index contributed by atoms with van der Waals surface area (Å²) >= 11 is 0. The molecule has 0 N–H and O–H groups in total. The molecule has 2 heterocycles. The highest BCUT2D eigenvalue weighted by Gasteiger charge is 2.26. The lowest BCUT2D eigenvalue weighted by atomic mass is 9.91. The van der Waals surface area contributed by atoms with E-state index in [1.165, 1.54) is 28.8 Å². The number of anilines is 1. The van der Waals surface area contributed by atoms with Crippen LogP contribution in [0.2, 0.25) is 0 Å². The van der Waals surface area contributed by atoms with E-state index in [0.29, 0.717) is 12.8 Å². The Bertz CT molecular complexity index is 745. The zero-order chi connectivity index (χ0) is 15.3. The molecule has 2 aliphatic rings. The third kappa shape index (κ3) is 2.18. The maximum atomic E-state index is 6.07. The number of likely N-dealkylation sites (N-methyl/N-ethyl adjacent to an activating group) is 1. The molecule has 0 fully saturated rings. The Labute approximate surface area is 130 Å². The molecule has 1 aliphatic heterocycles. The predicted octanol–water partition coefficient (Wildman–Crippen LogP) is 3.51. The summed E-state index contributed by atoms with van der Waals surface area (Å²) in [5.74, 6) is 2.14. The van der Waals surface area contributed by atoms with Gasteiger partial charge in [0.1, 0.15) is 17.1 Å². The van der Waals surface area contributed by atoms with E-state index in [1.807, 2.05) is 6.92 Å². The van der Waals surface area contributed by atoms with Crippen molar-refractivity contribution in [2.45, 2.75) is 32.2 Å². The standard InChI is InChI=1S/C18H22N2O2/c1-12-10-20(11-21-12)14-5-7-18-16(9-14)15-8-13(19(2)3)4-6-17(15)22-18/h5,7,9-10,13H,4,6,8,11H2,1-3H3. The van der Waals surface area contributed by atoms with Crippen molar-refractivity contribution >= 4 is 16.7 Å². The van der Waals surface area contributed by atoms with E-state index in [4.69, 9.17) is 9.15 Å². The average molecular weight is 298 g/mol. The van der Waals surface area contributed by atoms with Gasteiger partial charge < -0.3 is 19.0 Å². The van der Waals surface area contributed by atoms with Crippen LogP contribution in [0.4, 0.5) is 5.69 Å². The molecule has 1 atom stereocenters. The zero-order valence-electron chi connectivity index (χ0n) is 13.4. The quantitative estimate of drug-likeness (QED) is 0.848. The molecule has 22 heavy (non-hydrogen) atoms. The van der Waals surface area contributed by atoms with Crippen LogP contribution in [0.15, 0.2) is 34.6 Å². The zero-order valence-corrected chi connectivity index (χ0v) is 13.4. The molecule has 4 nitrogen and oxygen atoms in total. The molecule has 0 saturated carbocycles. The van der Waals surface area contributed by atoms with Crippen molar-refractivity contribution in [1.82, 2.24) is 4.90 Å². The molecular formula is C18H22N2O2. The summed E-state index contributed by atoms with van der Waals surface area (Å²) in [7, 11) is 4.33. The summed E-state index contributed by atoms with van der Waals surface area (Å²) in [5.41, 5.74) is 3.57. The molecule has 116 valence electrons. The van der Waals surface area contributed by atoms with Crippen molar-refractivity contribution in [2.75, 3.05) is 25.7 Å². The van der Waals surface area contributed by atoms with Gasteiger partial charge in [-0.2, -0.15) is 0 Å². The first kappa shape index (κ1) is 13.7. The predicted molar refractivity (Wildman–Crippen MR) is 87.9 cm³/mol. The van der Waals surface area contributed by atoms with Gasteiger partial charge in [-0.05, 0) is 52.1 Å². The van der Waals surface area contributed by atoms with E-state index in [9.17, 15) is 0 Å². The number of nitrogens with zero attached hydrogens (tertiary/aromatic N) is 2. The molecule has 0 bridgehead atoms. The second-order valence-electron chi connectivity index (χ2n) is 6.53. The number of furan rings is 1. The molecule has 1 aromatic carbocycles. The first-order valence-electron chi connectivity index (χ1n) is 7.90. The topological polar surface area (TPSA) is 28.9 Å². The third-order valence-electron chi connectivity index (χ3n) is 4.83. The highest BCUT2D eigenvalue weighted by Crippen LogP contribution is 2.35. The minimum Gasteiger partial charge on any atom is -0.476 e. The average Bonchev–Trinajstić information content (AvgIpc) is 3.09. The Hall–Kier alpha value is -1.94.